The number of hydrogen-bond acceptors (Lipinski definition) is 2. The third kappa shape index (κ3) is 3.74. The molecule has 0 saturated heterocycles. The van der Waals surface area contributed by atoms with E-state index >= 15 is 0 Å². The maximum atomic E-state index is 6.16. The van der Waals surface area contributed by atoms with Gasteiger partial charge in [0, 0.05) is 5.54 Å². The van der Waals surface area contributed by atoms with Crippen LogP contribution in [-0.4, -0.2) is 24.3 Å². The van der Waals surface area contributed by atoms with Crippen molar-refractivity contribution < 1.29 is 4.74 Å². The van der Waals surface area contributed by atoms with Crippen LogP contribution in [0.25, 0.3) is 0 Å². The van der Waals surface area contributed by atoms with Gasteiger partial charge in [-0.1, -0.05) is 0 Å². The summed E-state index contributed by atoms with van der Waals surface area (Å²) < 4.78 is 6.16. The Morgan fingerprint density at radius 2 is 1.94 bits per heavy atom. The van der Waals surface area contributed by atoms with Crippen LogP contribution in [0.2, 0.25) is 0 Å². The van der Waals surface area contributed by atoms with Gasteiger partial charge in [-0.15, -0.1) is 0 Å². The number of hydrogen-bond donors (Lipinski definition) is 1. The van der Waals surface area contributed by atoms with Gasteiger partial charge in [-0.3, -0.25) is 0 Å². The average molecular weight is 225 g/mol. The molecule has 2 nitrogen and oxygen atoms in total. The molecule has 2 rings (SSSR count). The molecule has 2 heteroatoms. The van der Waals surface area contributed by atoms with Gasteiger partial charge in [0.25, 0.3) is 0 Å². The summed E-state index contributed by atoms with van der Waals surface area (Å²) in [6, 6.07) is 0. The van der Waals surface area contributed by atoms with E-state index < -0.39 is 0 Å². The van der Waals surface area contributed by atoms with Crippen LogP contribution in [0.5, 0.6) is 0 Å². The Labute approximate surface area is 100 Å². The fourth-order valence-electron chi connectivity index (χ4n) is 2.28. The van der Waals surface area contributed by atoms with Crippen LogP contribution in [0, 0.1) is 5.92 Å². The monoisotopic (exact) mass is 225 g/mol. The highest BCUT2D eigenvalue weighted by molar-refractivity contribution is 4.91. The van der Waals surface area contributed by atoms with E-state index in [4.69, 9.17) is 4.74 Å². The highest BCUT2D eigenvalue weighted by Gasteiger charge is 2.39. The molecule has 0 bridgehead atoms. The molecule has 0 heterocycles. The van der Waals surface area contributed by atoms with Crippen molar-refractivity contribution in [2.45, 2.75) is 70.4 Å². The molecule has 0 aromatic carbocycles. The van der Waals surface area contributed by atoms with Crippen LogP contribution in [-0.2, 0) is 4.74 Å². The molecule has 16 heavy (non-hydrogen) atoms. The summed E-state index contributed by atoms with van der Waals surface area (Å²) in [5.41, 5.74) is 0.488. The van der Waals surface area contributed by atoms with E-state index in [-0.39, 0.29) is 11.1 Å². The molecule has 0 atom stereocenters. The minimum absolute atomic E-state index is 0.238. The van der Waals surface area contributed by atoms with Gasteiger partial charge in [0.2, 0.25) is 0 Å². The Hall–Kier alpha value is -0.0800. The first-order chi connectivity index (χ1) is 7.49. The van der Waals surface area contributed by atoms with Crippen molar-refractivity contribution in [3.8, 4) is 0 Å². The average Bonchev–Trinajstić information content (AvgIpc) is 2.89. The predicted molar refractivity (Wildman–Crippen MR) is 67.6 cm³/mol. The van der Waals surface area contributed by atoms with E-state index in [1.807, 2.05) is 0 Å². The van der Waals surface area contributed by atoms with Crippen molar-refractivity contribution in [1.82, 2.24) is 5.32 Å². The molecule has 2 fully saturated rings. The molecule has 94 valence electrons. The van der Waals surface area contributed by atoms with Gasteiger partial charge in [-0.05, 0) is 71.8 Å². The Bertz CT molecular complexity index is 223. The van der Waals surface area contributed by atoms with Crippen molar-refractivity contribution in [2.24, 2.45) is 5.92 Å². The van der Waals surface area contributed by atoms with Gasteiger partial charge in [-0.2, -0.15) is 0 Å². The quantitative estimate of drug-likeness (QED) is 0.750. The second kappa shape index (κ2) is 4.66. The topological polar surface area (TPSA) is 21.3 Å². The zero-order valence-electron chi connectivity index (χ0n) is 11.1. The van der Waals surface area contributed by atoms with Crippen molar-refractivity contribution in [1.29, 1.82) is 0 Å². The van der Waals surface area contributed by atoms with Gasteiger partial charge in [-0.25, -0.2) is 0 Å². The molecular formula is C14H27NO. The van der Waals surface area contributed by atoms with E-state index in [1.54, 1.807) is 0 Å². The lowest BCUT2D eigenvalue weighted by Gasteiger charge is -2.42. The summed E-state index contributed by atoms with van der Waals surface area (Å²) in [7, 11) is 0. The van der Waals surface area contributed by atoms with Crippen LogP contribution < -0.4 is 5.32 Å². The Balaban J connectivity index is 1.67. The molecule has 0 aromatic heterocycles. The fourth-order valence-corrected chi connectivity index (χ4v) is 2.28. The zero-order chi connectivity index (χ0) is 11.6. The van der Waals surface area contributed by atoms with Gasteiger partial charge in [0.1, 0.15) is 0 Å². The van der Waals surface area contributed by atoms with E-state index in [2.05, 4.69) is 26.1 Å². The van der Waals surface area contributed by atoms with Crippen molar-refractivity contribution in [3.63, 3.8) is 0 Å². The lowest BCUT2D eigenvalue weighted by Crippen LogP contribution is -2.45. The summed E-state index contributed by atoms with van der Waals surface area (Å²) in [6.07, 6.45) is 7.92. The van der Waals surface area contributed by atoms with Crippen molar-refractivity contribution in [2.75, 3.05) is 13.2 Å². The summed E-state index contributed by atoms with van der Waals surface area (Å²) >= 11 is 0. The first-order valence-corrected chi connectivity index (χ1v) is 6.88. The van der Waals surface area contributed by atoms with E-state index in [9.17, 15) is 0 Å². The summed E-state index contributed by atoms with van der Waals surface area (Å²) in [5.74, 6) is 0.896. The first-order valence-electron chi connectivity index (χ1n) is 6.88. The Kier molecular flexibility index (Phi) is 3.60. The summed E-state index contributed by atoms with van der Waals surface area (Å²) in [6.45, 7) is 8.80. The Morgan fingerprint density at radius 3 is 2.38 bits per heavy atom. The summed E-state index contributed by atoms with van der Waals surface area (Å²) in [4.78, 5) is 0. The van der Waals surface area contributed by atoms with Gasteiger partial charge < -0.3 is 10.1 Å². The molecule has 2 aliphatic rings. The number of rotatable bonds is 6. The van der Waals surface area contributed by atoms with E-state index in [1.165, 1.54) is 38.5 Å². The molecule has 0 unspecified atom stereocenters. The van der Waals surface area contributed by atoms with Gasteiger partial charge in [0.15, 0.2) is 0 Å². The van der Waals surface area contributed by atoms with Crippen LogP contribution in [0.15, 0.2) is 0 Å². The highest BCUT2D eigenvalue weighted by Crippen LogP contribution is 2.40. The van der Waals surface area contributed by atoms with Gasteiger partial charge >= 0.3 is 0 Å². The largest absolute Gasteiger partial charge is 0.375 e. The fraction of sp³-hybridized carbons (Fsp3) is 1.00. The lowest BCUT2D eigenvalue weighted by molar-refractivity contribution is -0.108. The molecule has 0 radical (unpaired) electrons. The zero-order valence-corrected chi connectivity index (χ0v) is 11.1. The SMILES string of the molecule is CC(C)(C)NCCC1(OCC2CC2)CCC1. The molecule has 2 aliphatic carbocycles. The normalized spacial score (nSPS) is 24.2. The third-order valence-corrected chi connectivity index (χ3v) is 3.82. The van der Waals surface area contributed by atoms with Gasteiger partial charge in [0.05, 0.1) is 12.2 Å². The molecule has 1 N–H and O–H groups in total. The molecule has 2 saturated carbocycles. The van der Waals surface area contributed by atoms with E-state index in [0.717, 1.165) is 19.1 Å². The number of nitrogens with one attached hydrogen (secondary N) is 1. The predicted octanol–water partition coefficient (Wildman–Crippen LogP) is 3.11. The molecule has 0 aromatic rings. The molecule has 0 aliphatic heterocycles. The van der Waals surface area contributed by atoms with Crippen LogP contribution in [0.3, 0.4) is 0 Å². The third-order valence-electron chi connectivity index (χ3n) is 3.82. The standard InChI is InChI=1S/C14H27NO/c1-13(2,3)15-10-9-14(7-4-8-14)16-11-12-5-6-12/h12,15H,4-11H2,1-3H3. The van der Waals surface area contributed by atoms with Crippen LogP contribution in [0.1, 0.15) is 59.3 Å². The molecule has 0 amide bonds. The minimum atomic E-state index is 0.238. The maximum Gasteiger partial charge on any atom is 0.0694 e. The van der Waals surface area contributed by atoms with Crippen molar-refractivity contribution >= 4 is 0 Å². The van der Waals surface area contributed by atoms with Crippen LogP contribution >= 0.6 is 0 Å². The second-order valence-electron chi connectivity index (χ2n) is 6.72. The number of ether oxygens (including phenoxy) is 1. The smallest absolute Gasteiger partial charge is 0.0694 e. The molecular weight excluding hydrogens is 198 g/mol. The maximum absolute atomic E-state index is 6.16. The van der Waals surface area contributed by atoms with Crippen molar-refractivity contribution in [3.05, 3.63) is 0 Å². The second-order valence-corrected chi connectivity index (χ2v) is 6.72. The molecule has 0 spiro atoms. The lowest BCUT2D eigenvalue weighted by atomic mass is 9.77. The Morgan fingerprint density at radius 1 is 1.25 bits per heavy atom. The summed E-state index contributed by atoms with van der Waals surface area (Å²) in [5, 5.41) is 3.57. The highest BCUT2D eigenvalue weighted by atomic mass is 16.5. The van der Waals surface area contributed by atoms with Crippen LogP contribution in [0.4, 0.5) is 0 Å². The first kappa shape index (κ1) is 12.4. The van der Waals surface area contributed by atoms with E-state index in [0.29, 0.717) is 0 Å². The minimum Gasteiger partial charge on any atom is -0.375 e.